The molecule has 0 heteroatoms. The molecule has 0 atom stereocenters. The van der Waals surface area contributed by atoms with Crippen molar-refractivity contribution in [3.63, 3.8) is 0 Å². The summed E-state index contributed by atoms with van der Waals surface area (Å²) in [5, 5.41) is 0. The molecule has 2 aromatic carbocycles. The fraction of sp³-hybridized carbons (Fsp3) is 0.273. The standard InChI is InChI=1S/C22H22/c1-22(2)20-11-7-6-10-18(20)19-13-12-17(15-21(19)22)14-16-8-4-3-5-9-16/h3-4,6-8,10-13,15H,5,9,14H2,1-2H3. The van der Waals surface area contributed by atoms with Crippen molar-refractivity contribution in [1.29, 1.82) is 0 Å². The van der Waals surface area contributed by atoms with Crippen molar-refractivity contribution in [1.82, 2.24) is 0 Å². The van der Waals surface area contributed by atoms with Gasteiger partial charge in [-0.3, -0.25) is 0 Å². The highest BCUT2D eigenvalue weighted by molar-refractivity contribution is 5.80. The monoisotopic (exact) mass is 286 g/mol. The molecular weight excluding hydrogens is 264 g/mol. The Balaban J connectivity index is 1.75. The van der Waals surface area contributed by atoms with E-state index in [1.807, 2.05) is 0 Å². The molecule has 0 saturated carbocycles. The number of fused-ring (bicyclic) bond motifs is 3. The van der Waals surface area contributed by atoms with Crippen LogP contribution in [-0.4, -0.2) is 0 Å². The van der Waals surface area contributed by atoms with Gasteiger partial charge in [0.05, 0.1) is 0 Å². The van der Waals surface area contributed by atoms with Gasteiger partial charge in [-0.2, -0.15) is 0 Å². The minimum atomic E-state index is 0.114. The van der Waals surface area contributed by atoms with E-state index in [9.17, 15) is 0 Å². The quantitative estimate of drug-likeness (QED) is 0.653. The van der Waals surface area contributed by atoms with Gasteiger partial charge < -0.3 is 0 Å². The van der Waals surface area contributed by atoms with Crippen molar-refractivity contribution in [3.05, 3.63) is 83.0 Å². The second-order valence-electron chi connectivity index (χ2n) is 7.02. The Morgan fingerprint density at radius 3 is 2.59 bits per heavy atom. The van der Waals surface area contributed by atoms with Crippen LogP contribution in [-0.2, 0) is 11.8 Å². The minimum absolute atomic E-state index is 0.114. The predicted molar refractivity (Wildman–Crippen MR) is 94.2 cm³/mol. The fourth-order valence-electron chi connectivity index (χ4n) is 3.92. The van der Waals surface area contributed by atoms with Crippen molar-refractivity contribution in [2.45, 2.75) is 38.5 Å². The van der Waals surface area contributed by atoms with Crippen LogP contribution >= 0.6 is 0 Å². The molecule has 110 valence electrons. The summed E-state index contributed by atoms with van der Waals surface area (Å²) in [7, 11) is 0. The summed E-state index contributed by atoms with van der Waals surface area (Å²) in [5.41, 5.74) is 8.88. The van der Waals surface area contributed by atoms with E-state index < -0.39 is 0 Å². The average Bonchev–Trinajstić information content (AvgIpc) is 2.77. The first kappa shape index (κ1) is 13.6. The first-order chi connectivity index (χ1) is 10.7. The molecule has 2 aliphatic rings. The molecular formula is C22H22. The molecule has 0 radical (unpaired) electrons. The Kier molecular flexibility index (Phi) is 3.07. The number of rotatable bonds is 2. The highest BCUT2D eigenvalue weighted by Gasteiger charge is 2.34. The smallest absolute Gasteiger partial charge is 0.0158 e. The first-order valence-corrected chi connectivity index (χ1v) is 8.24. The van der Waals surface area contributed by atoms with Gasteiger partial charge in [-0.15, -0.1) is 0 Å². The van der Waals surface area contributed by atoms with E-state index in [-0.39, 0.29) is 5.41 Å². The Bertz CT molecular complexity index is 787. The van der Waals surface area contributed by atoms with Crippen LogP contribution in [0.3, 0.4) is 0 Å². The van der Waals surface area contributed by atoms with Crippen LogP contribution in [0, 0.1) is 0 Å². The van der Waals surface area contributed by atoms with Crippen molar-refractivity contribution < 1.29 is 0 Å². The second kappa shape index (κ2) is 4.98. The lowest BCUT2D eigenvalue weighted by molar-refractivity contribution is 0.659. The van der Waals surface area contributed by atoms with Gasteiger partial charge >= 0.3 is 0 Å². The number of benzene rings is 2. The van der Waals surface area contributed by atoms with Crippen LogP contribution in [0.1, 0.15) is 43.4 Å². The highest BCUT2D eigenvalue weighted by Crippen LogP contribution is 2.48. The molecule has 0 aliphatic heterocycles. The average molecular weight is 286 g/mol. The van der Waals surface area contributed by atoms with E-state index in [4.69, 9.17) is 0 Å². The molecule has 2 aromatic rings. The van der Waals surface area contributed by atoms with Crippen LogP contribution < -0.4 is 0 Å². The van der Waals surface area contributed by atoms with E-state index in [0.717, 1.165) is 6.42 Å². The van der Waals surface area contributed by atoms with Crippen LogP contribution in [0.5, 0.6) is 0 Å². The van der Waals surface area contributed by atoms with Crippen molar-refractivity contribution in [2.24, 2.45) is 0 Å². The minimum Gasteiger partial charge on any atom is -0.0842 e. The summed E-state index contributed by atoms with van der Waals surface area (Å²) in [6.07, 6.45) is 10.2. The Hall–Kier alpha value is -2.08. The molecule has 0 bridgehead atoms. The lowest BCUT2D eigenvalue weighted by Crippen LogP contribution is -2.15. The van der Waals surface area contributed by atoms with E-state index in [1.165, 1.54) is 40.7 Å². The molecule has 0 heterocycles. The van der Waals surface area contributed by atoms with E-state index in [0.29, 0.717) is 0 Å². The van der Waals surface area contributed by atoms with Crippen molar-refractivity contribution in [2.75, 3.05) is 0 Å². The predicted octanol–water partition coefficient (Wildman–Crippen LogP) is 5.81. The third kappa shape index (κ3) is 2.06. The summed E-state index contributed by atoms with van der Waals surface area (Å²) in [4.78, 5) is 0. The van der Waals surface area contributed by atoms with E-state index >= 15 is 0 Å². The molecule has 0 nitrogen and oxygen atoms in total. The molecule has 22 heavy (non-hydrogen) atoms. The normalized spacial score (nSPS) is 17.8. The lowest BCUT2D eigenvalue weighted by Gasteiger charge is -2.22. The van der Waals surface area contributed by atoms with Gasteiger partial charge in [0.1, 0.15) is 0 Å². The first-order valence-electron chi connectivity index (χ1n) is 8.24. The van der Waals surface area contributed by atoms with Crippen LogP contribution in [0.15, 0.2) is 66.3 Å². The van der Waals surface area contributed by atoms with E-state index in [2.05, 4.69) is 74.5 Å². The van der Waals surface area contributed by atoms with Crippen molar-refractivity contribution in [3.8, 4) is 11.1 Å². The van der Waals surface area contributed by atoms with E-state index in [1.54, 1.807) is 5.57 Å². The summed E-state index contributed by atoms with van der Waals surface area (Å²) in [6, 6.07) is 15.9. The highest BCUT2D eigenvalue weighted by atomic mass is 14.4. The Labute approximate surface area is 133 Å². The number of allylic oxidation sites excluding steroid dienone is 4. The zero-order chi connectivity index (χ0) is 15.2. The van der Waals surface area contributed by atoms with Gasteiger partial charge in [0.15, 0.2) is 0 Å². The maximum atomic E-state index is 2.44. The summed E-state index contributed by atoms with van der Waals surface area (Å²) < 4.78 is 0. The molecule has 0 aromatic heterocycles. The van der Waals surface area contributed by atoms with Gasteiger partial charge in [-0.1, -0.05) is 80.1 Å². The second-order valence-corrected chi connectivity index (χ2v) is 7.02. The Morgan fingerprint density at radius 1 is 0.955 bits per heavy atom. The van der Waals surface area contributed by atoms with Crippen LogP contribution in [0.25, 0.3) is 11.1 Å². The number of hydrogen-bond donors (Lipinski definition) is 0. The van der Waals surface area contributed by atoms with Crippen LogP contribution in [0.2, 0.25) is 0 Å². The van der Waals surface area contributed by atoms with Gasteiger partial charge in [-0.05, 0) is 47.1 Å². The summed E-state index contributed by atoms with van der Waals surface area (Å²) in [6.45, 7) is 4.70. The largest absolute Gasteiger partial charge is 0.0842 e. The zero-order valence-corrected chi connectivity index (χ0v) is 13.4. The molecule has 4 rings (SSSR count). The third-order valence-electron chi connectivity index (χ3n) is 5.18. The van der Waals surface area contributed by atoms with Gasteiger partial charge in [-0.25, -0.2) is 0 Å². The molecule has 0 unspecified atom stereocenters. The third-order valence-corrected chi connectivity index (χ3v) is 5.18. The molecule has 0 spiro atoms. The number of hydrogen-bond acceptors (Lipinski definition) is 0. The molecule has 0 N–H and O–H groups in total. The summed E-state index contributed by atoms with van der Waals surface area (Å²) >= 11 is 0. The lowest BCUT2D eigenvalue weighted by atomic mass is 9.81. The SMILES string of the molecule is CC1(C)c2ccccc2-c2ccc(CC3=CC=CCC3)cc21. The van der Waals surface area contributed by atoms with Gasteiger partial charge in [0, 0.05) is 5.41 Å². The molecule has 0 fully saturated rings. The van der Waals surface area contributed by atoms with Gasteiger partial charge in [0.25, 0.3) is 0 Å². The van der Waals surface area contributed by atoms with Crippen molar-refractivity contribution >= 4 is 0 Å². The maximum absolute atomic E-state index is 2.44. The molecule has 2 aliphatic carbocycles. The topological polar surface area (TPSA) is 0 Å². The fourth-order valence-corrected chi connectivity index (χ4v) is 3.92. The Morgan fingerprint density at radius 2 is 1.77 bits per heavy atom. The summed E-state index contributed by atoms with van der Waals surface area (Å²) in [5.74, 6) is 0. The maximum Gasteiger partial charge on any atom is 0.0158 e. The van der Waals surface area contributed by atoms with Crippen LogP contribution in [0.4, 0.5) is 0 Å². The molecule has 0 saturated heterocycles. The van der Waals surface area contributed by atoms with Gasteiger partial charge in [0.2, 0.25) is 0 Å². The molecule has 0 amide bonds. The zero-order valence-electron chi connectivity index (χ0n) is 13.4.